The zero-order valence-corrected chi connectivity index (χ0v) is 12.3. The maximum absolute atomic E-state index is 12.5. The number of anilines is 1. The summed E-state index contributed by atoms with van der Waals surface area (Å²) in [4.78, 5) is 10.2. The van der Waals surface area contributed by atoms with E-state index in [4.69, 9.17) is 0 Å². The van der Waals surface area contributed by atoms with Gasteiger partial charge in [0.05, 0.1) is 11.0 Å². The lowest BCUT2D eigenvalue weighted by Crippen LogP contribution is -2.30. The number of β-amino-alcohol motifs (C(OH)–C–C–N with tert-alkyl or cyclic N) is 1. The highest BCUT2D eigenvalue weighted by molar-refractivity contribution is 7.89. The average molecular weight is 315 g/mol. The van der Waals surface area contributed by atoms with E-state index in [0.29, 0.717) is 13.0 Å². The molecule has 1 saturated heterocycles. The molecule has 1 aliphatic rings. The van der Waals surface area contributed by atoms with Crippen molar-refractivity contribution in [2.75, 3.05) is 25.0 Å². The molecule has 1 atom stereocenters. The van der Waals surface area contributed by atoms with Gasteiger partial charge in [0.2, 0.25) is 10.0 Å². The Kier molecular flexibility index (Phi) is 4.45. The van der Waals surface area contributed by atoms with Gasteiger partial charge in [0, 0.05) is 19.6 Å². The summed E-state index contributed by atoms with van der Waals surface area (Å²) in [6.45, 7) is 2.32. The Morgan fingerprint density at radius 1 is 1.52 bits per heavy atom. The quantitative estimate of drug-likeness (QED) is 0.613. The van der Waals surface area contributed by atoms with Crippen LogP contribution in [0.4, 0.5) is 11.4 Å². The number of rotatable bonds is 5. The third-order valence-electron chi connectivity index (χ3n) is 3.29. The Morgan fingerprint density at radius 2 is 2.24 bits per heavy atom. The Bertz CT molecular complexity index is 646. The zero-order valence-electron chi connectivity index (χ0n) is 11.5. The molecule has 0 aliphatic carbocycles. The predicted octanol–water partition coefficient (Wildman–Crippen LogP) is 0.782. The van der Waals surface area contributed by atoms with Crippen LogP contribution in [0, 0.1) is 10.1 Å². The third-order valence-corrected chi connectivity index (χ3v) is 5.19. The van der Waals surface area contributed by atoms with E-state index in [9.17, 15) is 23.6 Å². The third kappa shape index (κ3) is 2.99. The molecule has 2 rings (SSSR count). The first kappa shape index (κ1) is 15.7. The van der Waals surface area contributed by atoms with E-state index in [-0.39, 0.29) is 23.7 Å². The van der Waals surface area contributed by atoms with E-state index in [1.807, 2.05) is 0 Å². The molecule has 0 bridgehead atoms. The molecule has 9 heteroatoms. The summed E-state index contributed by atoms with van der Waals surface area (Å²) >= 11 is 0. The zero-order chi connectivity index (χ0) is 15.6. The summed E-state index contributed by atoms with van der Waals surface area (Å²) in [5.74, 6) is 0. The van der Waals surface area contributed by atoms with E-state index >= 15 is 0 Å². The van der Waals surface area contributed by atoms with Gasteiger partial charge in [-0.2, -0.15) is 4.31 Å². The van der Waals surface area contributed by atoms with Gasteiger partial charge < -0.3 is 10.4 Å². The molecule has 0 saturated carbocycles. The Labute approximate surface area is 122 Å². The number of hydrogen-bond donors (Lipinski definition) is 2. The van der Waals surface area contributed by atoms with E-state index in [2.05, 4.69) is 5.32 Å². The number of para-hydroxylation sites is 1. The molecular weight excluding hydrogens is 298 g/mol. The van der Waals surface area contributed by atoms with Crippen molar-refractivity contribution < 1.29 is 18.4 Å². The first-order chi connectivity index (χ1) is 9.87. The van der Waals surface area contributed by atoms with Crippen LogP contribution in [0.25, 0.3) is 0 Å². The molecule has 0 aromatic heterocycles. The smallest absolute Gasteiger partial charge is 0.312 e. The first-order valence-corrected chi connectivity index (χ1v) is 8.01. The summed E-state index contributed by atoms with van der Waals surface area (Å²) in [7, 11) is -4.00. The summed E-state index contributed by atoms with van der Waals surface area (Å²) in [6, 6.07) is 4.16. The van der Waals surface area contributed by atoms with Crippen LogP contribution in [0.5, 0.6) is 0 Å². The highest BCUT2D eigenvalue weighted by atomic mass is 32.2. The fourth-order valence-corrected chi connectivity index (χ4v) is 3.99. The summed E-state index contributed by atoms with van der Waals surface area (Å²) in [6.07, 6.45) is -0.393. The van der Waals surface area contributed by atoms with Gasteiger partial charge in [-0.15, -0.1) is 0 Å². The maximum atomic E-state index is 12.5. The second kappa shape index (κ2) is 5.96. The monoisotopic (exact) mass is 315 g/mol. The summed E-state index contributed by atoms with van der Waals surface area (Å²) in [5.41, 5.74) is -0.288. The number of nitro benzene ring substituents is 1. The Hall–Kier alpha value is -1.71. The molecule has 1 fully saturated rings. The van der Waals surface area contributed by atoms with Crippen molar-refractivity contribution in [2.45, 2.75) is 24.3 Å². The largest absolute Gasteiger partial charge is 0.392 e. The van der Waals surface area contributed by atoms with Gasteiger partial charge in [-0.25, -0.2) is 8.42 Å². The van der Waals surface area contributed by atoms with Crippen LogP contribution in [-0.2, 0) is 10.0 Å². The van der Waals surface area contributed by atoms with Crippen LogP contribution in [0.1, 0.15) is 13.3 Å². The van der Waals surface area contributed by atoms with Gasteiger partial charge in [0.1, 0.15) is 5.69 Å². The highest BCUT2D eigenvalue weighted by Crippen LogP contribution is 2.34. The van der Waals surface area contributed by atoms with Gasteiger partial charge >= 0.3 is 5.69 Å². The molecule has 1 aromatic carbocycles. The molecule has 116 valence electrons. The van der Waals surface area contributed by atoms with E-state index in [0.717, 1.165) is 4.31 Å². The van der Waals surface area contributed by atoms with Gasteiger partial charge in [0.25, 0.3) is 0 Å². The molecule has 1 unspecified atom stereocenters. The number of aliphatic hydroxyl groups excluding tert-OH is 1. The molecule has 0 amide bonds. The Balaban J connectivity index is 2.52. The van der Waals surface area contributed by atoms with E-state index in [1.165, 1.54) is 18.2 Å². The average Bonchev–Trinajstić information content (AvgIpc) is 2.86. The minimum Gasteiger partial charge on any atom is -0.392 e. The van der Waals surface area contributed by atoms with E-state index < -0.39 is 26.7 Å². The lowest BCUT2D eigenvalue weighted by molar-refractivity contribution is -0.386. The van der Waals surface area contributed by atoms with Gasteiger partial charge in [-0.1, -0.05) is 6.07 Å². The second-order valence-corrected chi connectivity index (χ2v) is 6.65. The fraction of sp³-hybridized carbons (Fsp3) is 0.500. The molecule has 1 heterocycles. The van der Waals surface area contributed by atoms with Crippen molar-refractivity contribution in [1.82, 2.24) is 4.31 Å². The lowest BCUT2D eigenvalue weighted by Gasteiger charge is -2.16. The van der Waals surface area contributed by atoms with E-state index in [1.54, 1.807) is 6.92 Å². The van der Waals surface area contributed by atoms with Crippen LogP contribution in [0.3, 0.4) is 0 Å². The number of nitrogens with one attached hydrogen (secondary N) is 1. The van der Waals surface area contributed by atoms with Crippen molar-refractivity contribution in [3.8, 4) is 0 Å². The molecule has 21 heavy (non-hydrogen) atoms. The SMILES string of the molecule is CCNc1cccc(S(=O)(=O)N2CCC(O)C2)c1[N+](=O)[O-]. The molecule has 2 N–H and O–H groups in total. The second-order valence-electron chi connectivity index (χ2n) is 4.75. The van der Waals surface area contributed by atoms with Crippen LogP contribution >= 0.6 is 0 Å². The van der Waals surface area contributed by atoms with Gasteiger partial charge in [0.15, 0.2) is 4.90 Å². The predicted molar refractivity (Wildman–Crippen MR) is 76.6 cm³/mol. The molecular formula is C12H17N3O5S. The standard InChI is InChI=1S/C12H17N3O5S/c1-2-13-10-4-3-5-11(12(10)15(17)18)21(19,20)14-7-6-9(16)8-14/h3-5,9,13,16H,2,6-8H2,1H3. The fourth-order valence-electron chi connectivity index (χ4n) is 2.32. The van der Waals surface area contributed by atoms with Crippen molar-refractivity contribution in [2.24, 2.45) is 0 Å². The normalized spacial score (nSPS) is 19.6. The highest BCUT2D eigenvalue weighted by Gasteiger charge is 2.37. The number of aliphatic hydroxyl groups is 1. The molecule has 1 aromatic rings. The topological polar surface area (TPSA) is 113 Å². The van der Waals surface area contributed by atoms with Crippen LogP contribution in [0.2, 0.25) is 0 Å². The molecule has 1 aliphatic heterocycles. The van der Waals surface area contributed by atoms with Crippen molar-refractivity contribution in [3.63, 3.8) is 0 Å². The van der Waals surface area contributed by atoms with Crippen molar-refractivity contribution >= 4 is 21.4 Å². The van der Waals surface area contributed by atoms with Crippen molar-refractivity contribution in [1.29, 1.82) is 0 Å². The van der Waals surface area contributed by atoms with Crippen LogP contribution < -0.4 is 5.32 Å². The van der Waals surface area contributed by atoms with Crippen LogP contribution in [0.15, 0.2) is 23.1 Å². The van der Waals surface area contributed by atoms with Crippen LogP contribution in [-0.4, -0.2) is 48.5 Å². The minimum absolute atomic E-state index is 0.0368. The number of benzene rings is 1. The van der Waals surface area contributed by atoms with Gasteiger partial charge in [-0.05, 0) is 25.5 Å². The number of nitro groups is 1. The van der Waals surface area contributed by atoms with Gasteiger partial charge in [-0.3, -0.25) is 10.1 Å². The number of nitrogens with zero attached hydrogens (tertiary/aromatic N) is 2. The molecule has 0 radical (unpaired) electrons. The number of hydrogen-bond acceptors (Lipinski definition) is 6. The summed E-state index contributed by atoms with van der Waals surface area (Å²) in [5, 5.41) is 23.5. The Morgan fingerprint density at radius 3 is 2.76 bits per heavy atom. The van der Waals surface area contributed by atoms with Crippen molar-refractivity contribution in [3.05, 3.63) is 28.3 Å². The maximum Gasteiger partial charge on any atom is 0.312 e. The number of sulfonamides is 1. The first-order valence-electron chi connectivity index (χ1n) is 6.57. The minimum atomic E-state index is -4.00. The lowest BCUT2D eigenvalue weighted by atomic mass is 10.2. The summed E-state index contributed by atoms with van der Waals surface area (Å²) < 4.78 is 26.2. The molecule has 8 nitrogen and oxygen atoms in total. The molecule has 0 spiro atoms.